The number of nitriles is 1. The Hall–Kier alpha value is -0.590. The highest BCUT2D eigenvalue weighted by atomic mass is 15.2. The monoisotopic (exact) mass is 235 g/mol. The van der Waals surface area contributed by atoms with Gasteiger partial charge in [0.25, 0.3) is 0 Å². The molecule has 0 spiro atoms. The minimum atomic E-state index is 0.0657. The van der Waals surface area contributed by atoms with Crippen LogP contribution < -0.4 is 5.32 Å². The van der Waals surface area contributed by atoms with Crippen LogP contribution in [0.25, 0.3) is 0 Å². The van der Waals surface area contributed by atoms with Crippen molar-refractivity contribution in [1.29, 1.82) is 5.26 Å². The maximum Gasteiger partial charge on any atom is 0.0967 e. The largest absolute Gasteiger partial charge is 0.300 e. The molecule has 2 aliphatic rings. The van der Waals surface area contributed by atoms with Crippen LogP contribution in [0.5, 0.6) is 0 Å². The molecule has 3 nitrogen and oxygen atoms in total. The van der Waals surface area contributed by atoms with E-state index in [4.69, 9.17) is 5.26 Å². The van der Waals surface area contributed by atoms with Gasteiger partial charge in [-0.25, -0.2) is 0 Å². The zero-order valence-electron chi connectivity index (χ0n) is 11.2. The molecule has 1 saturated heterocycles. The van der Waals surface area contributed by atoms with Crippen LogP contribution in [0, 0.1) is 17.2 Å². The number of likely N-dealkylation sites (tertiary alicyclic amines) is 1. The number of nitrogens with one attached hydrogen (secondary N) is 1. The summed E-state index contributed by atoms with van der Waals surface area (Å²) in [4.78, 5) is 2.59. The normalized spacial score (nSPS) is 27.3. The van der Waals surface area contributed by atoms with Crippen LogP contribution in [-0.2, 0) is 0 Å². The Kier molecular flexibility index (Phi) is 4.42. The molecule has 96 valence electrons. The van der Waals surface area contributed by atoms with Crippen molar-refractivity contribution in [3.8, 4) is 6.07 Å². The Morgan fingerprint density at radius 3 is 2.71 bits per heavy atom. The van der Waals surface area contributed by atoms with Gasteiger partial charge in [0.15, 0.2) is 0 Å². The van der Waals surface area contributed by atoms with Crippen molar-refractivity contribution < 1.29 is 0 Å². The molecular weight excluding hydrogens is 210 g/mol. The van der Waals surface area contributed by atoms with Gasteiger partial charge < -0.3 is 4.90 Å². The molecule has 1 saturated carbocycles. The summed E-state index contributed by atoms with van der Waals surface area (Å²) in [7, 11) is 0. The Labute approximate surface area is 105 Å². The van der Waals surface area contributed by atoms with Crippen molar-refractivity contribution in [2.75, 3.05) is 13.1 Å². The van der Waals surface area contributed by atoms with Gasteiger partial charge >= 0.3 is 0 Å². The molecule has 1 aliphatic carbocycles. The summed E-state index contributed by atoms with van der Waals surface area (Å²) in [6.07, 6.45) is 6.17. The van der Waals surface area contributed by atoms with E-state index in [9.17, 15) is 0 Å². The molecular formula is C14H25N3. The van der Waals surface area contributed by atoms with Gasteiger partial charge in [0.05, 0.1) is 12.1 Å². The number of rotatable bonds is 6. The third kappa shape index (κ3) is 3.69. The first kappa shape index (κ1) is 12.9. The first-order valence-electron chi connectivity index (χ1n) is 7.10. The molecule has 3 heteroatoms. The number of hydrogen-bond donors (Lipinski definition) is 1. The molecule has 1 aliphatic heterocycles. The molecule has 1 heterocycles. The summed E-state index contributed by atoms with van der Waals surface area (Å²) >= 11 is 0. The molecule has 1 N–H and O–H groups in total. The lowest BCUT2D eigenvalue weighted by atomic mass is 10.0. The molecule has 0 bridgehead atoms. The van der Waals surface area contributed by atoms with Crippen molar-refractivity contribution in [3.63, 3.8) is 0 Å². The smallest absolute Gasteiger partial charge is 0.0967 e. The second-order valence-electron chi connectivity index (χ2n) is 5.90. The van der Waals surface area contributed by atoms with E-state index in [0.717, 1.165) is 24.9 Å². The van der Waals surface area contributed by atoms with E-state index in [1.54, 1.807) is 0 Å². The zero-order chi connectivity index (χ0) is 12.3. The van der Waals surface area contributed by atoms with Crippen LogP contribution in [0.1, 0.15) is 46.0 Å². The molecule has 2 rings (SSSR count). The van der Waals surface area contributed by atoms with E-state index < -0.39 is 0 Å². The van der Waals surface area contributed by atoms with Crippen LogP contribution in [0.3, 0.4) is 0 Å². The second kappa shape index (κ2) is 5.84. The van der Waals surface area contributed by atoms with E-state index in [1.807, 2.05) is 0 Å². The van der Waals surface area contributed by atoms with Gasteiger partial charge in [0, 0.05) is 18.6 Å². The van der Waals surface area contributed by atoms with E-state index >= 15 is 0 Å². The lowest BCUT2D eigenvalue weighted by Gasteiger charge is -2.28. The Balaban J connectivity index is 1.74. The SMILES string of the molecule is CC(C)C1CCCN1CCC(C#N)NC1CC1. The molecule has 0 aromatic carbocycles. The molecule has 2 atom stereocenters. The maximum absolute atomic E-state index is 9.12. The van der Waals surface area contributed by atoms with Crippen molar-refractivity contribution in [2.24, 2.45) is 5.92 Å². The van der Waals surface area contributed by atoms with Gasteiger partial charge in [0.2, 0.25) is 0 Å². The van der Waals surface area contributed by atoms with E-state index in [0.29, 0.717) is 6.04 Å². The number of hydrogen-bond acceptors (Lipinski definition) is 3. The topological polar surface area (TPSA) is 39.1 Å². The average Bonchev–Trinajstić information content (AvgIpc) is 2.99. The highest BCUT2D eigenvalue weighted by Gasteiger charge is 2.28. The van der Waals surface area contributed by atoms with Crippen LogP contribution in [-0.4, -0.2) is 36.1 Å². The molecule has 0 radical (unpaired) electrons. The first-order chi connectivity index (χ1) is 8.20. The molecule has 0 aromatic rings. The van der Waals surface area contributed by atoms with Crippen molar-refractivity contribution in [1.82, 2.24) is 10.2 Å². The van der Waals surface area contributed by atoms with Crippen molar-refractivity contribution >= 4 is 0 Å². The third-order valence-corrected chi connectivity index (χ3v) is 4.06. The molecule has 2 fully saturated rings. The standard InChI is InChI=1S/C14H25N3/c1-11(2)14-4-3-8-17(14)9-7-13(10-15)16-12-5-6-12/h11-14,16H,3-9H2,1-2H3. The van der Waals surface area contributed by atoms with Crippen LogP contribution in [0.4, 0.5) is 0 Å². The minimum Gasteiger partial charge on any atom is -0.300 e. The Bertz CT molecular complexity index is 278. The van der Waals surface area contributed by atoms with E-state index in [2.05, 4.69) is 30.1 Å². The average molecular weight is 235 g/mol. The number of nitrogens with zero attached hydrogens (tertiary/aromatic N) is 2. The molecule has 2 unspecified atom stereocenters. The molecule has 0 aromatic heterocycles. The highest BCUT2D eigenvalue weighted by molar-refractivity contribution is 4.96. The predicted molar refractivity (Wildman–Crippen MR) is 69.6 cm³/mol. The van der Waals surface area contributed by atoms with Crippen LogP contribution in [0.15, 0.2) is 0 Å². The summed E-state index contributed by atoms with van der Waals surface area (Å²) in [5.41, 5.74) is 0. The fourth-order valence-electron chi connectivity index (χ4n) is 2.90. The van der Waals surface area contributed by atoms with Crippen LogP contribution in [0.2, 0.25) is 0 Å². The summed E-state index contributed by atoms with van der Waals surface area (Å²) in [6, 6.07) is 3.85. The predicted octanol–water partition coefficient (Wildman–Crippen LogP) is 2.14. The van der Waals surface area contributed by atoms with E-state index in [1.165, 1.54) is 32.2 Å². The highest BCUT2D eigenvalue weighted by Crippen LogP contribution is 2.24. The van der Waals surface area contributed by atoms with Gasteiger partial charge in [0.1, 0.15) is 0 Å². The van der Waals surface area contributed by atoms with E-state index in [-0.39, 0.29) is 6.04 Å². The fourth-order valence-corrected chi connectivity index (χ4v) is 2.90. The Morgan fingerprint density at radius 1 is 1.35 bits per heavy atom. The summed E-state index contributed by atoms with van der Waals surface area (Å²) < 4.78 is 0. The summed E-state index contributed by atoms with van der Waals surface area (Å²) in [5, 5.41) is 12.5. The maximum atomic E-state index is 9.12. The summed E-state index contributed by atoms with van der Waals surface area (Å²) in [6.45, 7) is 6.94. The van der Waals surface area contributed by atoms with Crippen molar-refractivity contribution in [3.05, 3.63) is 0 Å². The second-order valence-corrected chi connectivity index (χ2v) is 5.90. The third-order valence-electron chi connectivity index (χ3n) is 4.06. The lowest BCUT2D eigenvalue weighted by Crippen LogP contribution is -2.38. The minimum absolute atomic E-state index is 0.0657. The quantitative estimate of drug-likeness (QED) is 0.766. The fraction of sp³-hybridized carbons (Fsp3) is 0.929. The van der Waals surface area contributed by atoms with Gasteiger partial charge in [-0.05, 0) is 44.6 Å². The zero-order valence-corrected chi connectivity index (χ0v) is 11.2. The lowest BCUT2D eigenvalue weighted by molar-refractivity contribution is 0.200. The molecule has 0 amide bonds. The van der Waals surface area contributed by atoms with Crippen molar-refractivity contribution in [2.45, 2.75) is 64.1 Å². The van der Waals surface area contributed by atoms with Gasteiger partial charge in [-0.1, -0.05) is 13.8 Å². The Morgan fingerprint density at radius 2 is 2.12 bits per heavy atom. The van der Waals surface area contributed by atoms with Gasteiger partial charge in [-0.2, -0.15) is 5.26 Å². The van der Waals surface area contributed by atoms with Crippen LogP contribution >= 0.6 is 0 Å². The first-order valence-corrected chi connectivity index (χ1v) is 7.10. The van der Waals surface area contributed by atoms with Gasteiger partial charge in [-0.3, -0.25) is 5.32 Å². The van der Waals surface area contributed by atoms with Gasteiger partial charge in [-0.15, -0.1) is 0 Å². The molecule has 17 heavy (non-hydrogen) atoms. The summed E-state index contributed by atoms with van der Waals surface area (Å²) in [5.74, 6) is 0.745.